The second-order valence-electron chi connectivity index (χ2n) is 8.87. The lowest BCUT2D eigenvalue weighted by Gasteiger charge is -2.32. The number of para-hydroxylation sites is 1. The van der Waals surface area contributed by atoms with E-state index in [0.29, 0.717) is 22.8 Å². The van der Waals surface area contributed by atoms with Gasteiger partial charge in [0, 0.05) is 22.6 Å². The second kappa shape index (κ2) is 13.3. The van der Waals surface area contributed by atoms with Crippen molar-refractivity contribution in [1.29, 1.82) is 0 Å². The van der Waals surface area contributed by atoms with Gasteiger partial charge < -0.3 is 10.2 Å². The van der Waals surface area contributed by atoms with Crippen molar-refractivity contribution >= 4 is 55.1 Å². The maximum Gasteiger partial charge on any atom is 0.264 e. The highest BCUT2D eigenvalue weighted by atomic mass is 79.9. The first kappa shape index (κ1) is 29.7. The number of nitrogens with zero attached hydrogens (tertiary/aromatic N) is 2. The van der Waals surface area contributed by atoms with Crippen molar-refractivity contribution in [2.75, 3.05) is 17.4 Å². The van der Waals surface area contributed by atoms with E-state index < -0.39 is 28.5 Å². The predicted octanol–water partition coefficient (Wildman–Crippen LogP) is 5.55. The minimum atomic E-state index is -4.14. The SMILES string of the molecule is CCCNC(=O)[C@H](C)N(Cc1cccc(Br)c1)C(=O)CN(c1ccccc1C)S(=O)(=O)c1ccc(Cl)cc1. The first-order chi connectivity index (χ1) is 18.0. The molecule has 0 aliphatic heterocycles. The van der Waals surface area contributed by atoms with Crippen LogP contribution in [-0.2, 0) is 26.2 Å². The molecule has 0 aliphatic rings. The molecule has 1 N–H and O–H groups in total. The number of halogens is 2. The Kier molecular flexibility index (Phi) is 10.4. The van der Waals surface area contributed by atoms with Crippen molar-refractivity contribution in [2.24, 2.45) is 0 Å². The molecule has 0 aromatic heterocycles. The van der Waals surface area contributed by atoms with Crippen LogP contribution in [0.2, 0.25) is 5.02 Å². The Morgan fingerprint density at radius 1 is 1.03 bits per heavy atom. The third-order valence-corrected chi connectivity index (χ3v) is 8.54. The number of nitrogens with one attached hydrogen (secondary N) is 1. The third kappa shape index (κ3) is 7.36. The largest absolute Gasteiger partial charge is 0.354 e. The summed E-state index contributed by atoms with van der Waals surface area (Å²) < 4.78 is 29.6. The van der Waals surface area contributed by atoms with Crippen LogP contribution in [0.4, 0.5) is 5.69 Å². The third-order valence-electron chi connectivity index (χ3n) is 6.02. The summed E-state index contributed by atoms with van der Waals surface area (Å²) in [5.41, 5.74) is 1.86. The Bertz CT molecular complexity index is 1380. The quantitative estimate of drug-likeness (QED) is 0.305. The Morgan fingerprint density at radius 2 is 1.71 bits per heavy atom. The van der Waals surface area contributed by atoms with Crippen LogP contribution in [-0.4, -0.2) is 44.3 Å². The molecule has 0 fully saturated rings. The summed E-state index contributed by atoms with van der Waals surface area (Å²) in [6.45, 7) is 5.48. The zero-order valence-electron chi connectivity index (χ0n) is 21.5. The fraction of sp³-hybridized carbons (Fsp3) is 0.286. The Labute approximate surface area is 238 Å². The minimum absolute atomic E-state index is 0.00484. The van der Waals surface area contributed by atoms with E-state index in [1.165, 1.54) is 29.2 Å². The number of hydrogen-bond acceptors (Lipinski definition) is 4. The zero-order chi connectivity index (χ0) is 27.9. The Hall–Kier alpha value is -2.88. The highest BCUT2D eigenvalue weighted by Gasteiger charge is 2.33. The van der Waals surface area contributed by atoms with E-state index in [9.17, 15) is 18.0 Å². The lowest BCUT2D eigenvalue weighted by atomic mass is 10.1. The van der Waals surface area contributed by atoms with Crippen molar-refractivity contribution in [3.63, 3.8) is 0 Å². The maximum atomic E-state index is 13.9. The van der Waals surface area contributed by atoms with Crippen molar-refractivity contribution in [3.05, 3.63) is 93.4 Å². The van der Waals surface area contributed by atoms with E-state index >= 15 is 0 Å². The highest BCUT2D eigenvalue weighted by Crippen LogP contribution is 2.28. The van der Waals surface area contributed by atoms with Gasteiger partial charge in [-0.05, 0) is 73.9 Å². The number of amides is 2. The molecule has 0 unspecified atom stereocenters. The number of carbonyl (C=O) groups excluding carboxylic acids is 2. The molecule has 202 valence electrons. The summed E-state index contributed by atoms with van der Waals surface area (Å²) >= 11 is 9.43. The summed E-state index contributed by atoms with van der Waals surface area (Å²) in [5.74, 6) is -0.817. The number of carbonyl (C=O) groups is 2. The molecule has 0 saturated carbocycles. The standard InChI is InChI=1S/C28H31BrClN3O4S/c1-4-16-31-28(35)21(3)32(18-22-9-7-10-23(29)17-22)27(34)19-33(26-11-6-5-8-20(26)2)38(36,37)25-14-12-24(30)13-15-25/h5-15,17,21H,4,16,18-19H2,1-3H3,(H,31,35)/t21-/m0/s1. The van der Waals surface area contributed by atoms with Gasteiger partial charge in [-0.2, -0.15) is 0 Å². The smallest absolute Gasteiger partial charge is 0.264 e. The molecule has 7 nitrogen and oxygen atoms in total. The maximum absolute atomic E-state index is 13.9. The predicted molar refractivity (Wildman–Crippen MR) is 155 cm³/mol. The van der Waals surface area contributed by atoms with Gasteiger partial charge in [0.2, 0.25) is 11.8 Å². The zero-order valence-corrected chi connectivity index (χ0v) is 24.7. The van der Waals surface area contributed by atoms with Crippen molar-refractivity contribution in [2.45, 2.75) is 44.7 Å². The number of aryl methyl sites for hydroxylation is 1. The first-order valence-electron chi connectivity index (χ1n) is 12.2. The summed E-state index contributed by atoms with van der Waals surface area (Å²) in [4.78, 5) is 28.2. The lowest BCUT2D eigenvalue weighted by molar-refractivity contribution is -0.139. The van der Waals surface area contributed by atoms with Crippen LogP contribution < -0.4 is 9.62 Å². The van der Waals surface area contributed by atoms with E-state index in [2.05, 4.69) is 21.2 Å². The number of sulfonamides is 1. The average molecular weight is 621 g/mol. The van der Waals surface area contributed by atoms with Gasteiger partial charge in [0.15, 0.2) is 0 Å². The topological polar surface area (TPSA) is 86.8 Å². The molecule has 38 heavy (non-hydrogen) atoms. The summed E-state index contributed by atoms with van der Waals surface area (Å²) in [6, 6.07) is 19.4. The number of anilines is 1. The molecule has 0 heterocycles. The molecule has 0 radical (unpaired) electrons. The molecule has 1 atom stereocenters. The number of benzene rings is 3. The van der Waals surface area contributed by atoms with Crippen LogP contribution in [0.3, 0.4) is 0 Å². The van der Waals surface area contributed by atoms with Crippen LogP contribution in [0.25, 0.3) is 0 Å². The Morgan fingerprint density at radius 3 is 2.34 bits per heavy atom. The Balaban J connectivity index is 2.03. The average Bonchev–Trinajstić information content (AvgIpc) is 2.89. The van der Waals surface area contributed by atoms with E-state index in [0.717, 1.165) is 20.8 Å². The summed E-state index contributed by atoms with van der Waals surface area (Å²) in [5, 5.41) is 3.23. The fourth-order valence-corrected chi connectivity index (χ4v) is 5.95. The second-order valence-corrected chi connectivity index (χ2v) is 12.1. The molecule has 10 heteroatoms. The number of rotatable bonds is 11. The van der Waals surface area contributed by atoms with Gasteiger partial charge in [0.25, 0.3) is 10.0 Å². The van der Waals surface area contributed by atoms with E-state index in [1.54, 1.807) is 38.1 Å². The van der Waals surface area contributed by atoms with Crippen LogP contribution in [0.5, 0.6) is 0 Å². The lowest BCUT2D eigenvalue weighted by Crippen LogP contribution is -2.51. The monoisotopic (exact) mass is 619 g/mol. The van der Waals surface area contributed by atoms with E-state index in [4.69, 9.17) is 11.6 Å². The van der Waals surface area contributed by atoms with Crippen molar-refractivity contribution < 1.29 is 18.0 Å². The van der Waals surface area contributed by atoms with Gasteiger partial charge in [-0.25, -0.2) is 8.42 Å². The first-order valence-corrected chi connectivity index (χ1v) is 14.8. The van der Waals surface area contributed by atoms with Gasteiger partial charge in [-0.15, -0.1) is 0 Å². The molecule has 0 aliphatic carbocycles. The van der Waals surface area contributed by atoms with Gasteiger partial charge in [0.05, 0.1) is 10.6 Å². The fourth-order valence-electron chi connectivity index (χ4n) is 3.90. The van der Waals surface area contributed by atoms with Crippen LogP contribution in [0.15, 0.2) is 82.2 Å². The molecule has 3 aromatic carbocycles. The molecule has 3 aromatic rings. The van der Waals surface area contributed by atoms with E-state index in [1.807, 2.05) is 31.2 Å². The van der Waals surface area contributed by atoms with Crippen LogP contribution in [0.1, 0.15) is 31.4 Å². The van der Waals surface area contributed by atoms with Crippen LogP contribution in [0, 0.1) is 6.92 Å². The molecular formula is C28H31BrClN3O4S. The van der Waals surface area contributed by atoms with Crippen LogP contribution >= 0.6 is 27.5 Å². The van der Waals surface area contributed by atoms with Gasteiger partial charge in [-0.1, -0.05) is 64.8 Å². The van der Waals surface area contributed by atoms with Gasteiger partial charge in [-0.3, -0.25) is 13.9 Å². The molecule has 2 amide bonds. The van der Waals surface area contributed by atoms with Gasteiger partial charge in [0.1, 0.15) is 12.6 Å². The molecular weight excluding hydrogens is 590 g/mol. The molecule has 3 rings (SSSR count). The van der Waals surface area contributed by atoms with Crippen molar-refractivity contribution in [3.8, 4) is 0 Å². The molecule has 0 saturated heterocycles. The van der Waals surface area contributed by atoms with E-state index in [-0.39, 0.29) is 17.3 Å². The molecule has 0 spiro atoms. The highest BCUT2D eigenvalue weighted by molar-refractivity contribution is 9.10. The van der Waals surface area contributed by atoms with Gasteiger partial charge >= 0.3 is 0 Å². The normalized spacial score (nSPS) is 12.0. The number of hydrogen-bond donors (Lipinski definition) is 1. The minimum Gasteiger partial charge on any atom is -0.354 e. The summed E-state index contributed by atoms with van der Waals surface area (Å²) in [7, 11) is -4.14. The van der Waals surface area contributed by atoms with Crippen molar-refractivity contribution in [1.82, 2.24) is 10.2 Å². The summed E-state index contributed by atoms with van der Waals surface area (Å²) in [6.07, 6.45) is 0.748. The molecule has 0 bridgehead atoms.